The molecule has 0 saturated carbocycles. The Balaban J connectivity index is 2.48. The zero-order valence-electron chi connectivity index (χ0n) is 8.11. The van der Waals surface area contributed by atoms with E-state index in [2.05, 4.69) is 10.1 Å². The SMILES string of the molecule is CCc1nc(Cl)nn1-c1ccc(F)cc1. The summed E-state index contributed by atoms with van der Waals surface area (Å²) in [5.74, 6) is 0.481. The first kappa shape index (κ1) is 10.1. The molecule has 1 heterocycles. The summed E-state index contributed by atoms with van der Waals surface area (Å²) >= 11 is 5.71. The average Bonchev–Trinajstić information content (AvgIpc) is 2.61. The summed E-state index contributed by atoms with van der Waals surface area (Å²) in [6.45, 7) is 1.96. The van der Waals surface area contributed by atoms with Gasteiger partial charge in [0.25, 0.3) is 0 Å². The van der Waals surface area contributed by atoms with Crippen LogP contribution in [0.25, 0.3) is 5.69 Å². The number of hydrogen-bond donors (Lipinski definition) is 0. The molecule has 0 aliphatic carbocycles. The molecule has 3 nitrogen and oxygen atoms in total. The number of aryl methyl sites for hydroxylation is 1. The second-order valence-corrected chi connectivity index (χ2v) is 3.38. The lowest BCUT2D eigenvalue weighted by Crippen LogP contribution is -2.01. The van der Waals surface area contributed by atoms with Crippen LogP contribution in [0, 0.1) is 5.82 Å². The van der Waals surface area contributed by atoms with Crippen LogP contribution in [0.15, 0.2) is 24.3 Å². The molecule has 0 fully saturated rings. The van der Waals surface area contributed by atoms with Gasteiger partial charge in [0.2, 0.25) is 5.28 Å². The molecule has 0 N–H and O–H groups in total. The van der Waals surface area contributed by atoms with Crippen molar-refractivity contribution in [3.63, 3.8) is 0 Å². The van der Waals surface area contributed by atoms with Crippen LogP contribution in [0.4, 0.5) is 4.39 Å². The van der Waals surface area contributed by atoms with Gasteiger partial charge < -0.3 is 0 Å². The van der Waals surface area contributed by atoms with Crippen molar-refractivity contribution in [1.82, 2.24) is 14.8 Å². The Morgan fingerprint density at radius 3 is 2.60 bits per heavy atom. The third-order valence-electron chi connectivity index (χ3n) is 2.04. The lowest BCUT2D eigenvalue weighted by Gasteiger charge is -2.03. The van der Waals surface area contributed by atoms with Gasteiger partial charge in [-0.3, -0.25) is 0 Å². The van der Waals surface area contributed by atoms with Crippen molar-refractivity contribution >= 4 is 11.6 Å². The zero-order chi connectivity index (χ0) is 10.8. The summed E-state index contributed by atoms with van der Waals surface area (Å²) in [5.41, 5.74) is 0.757. The Hall–Kier alpha value is -1.42. The van der Waals surface area contributed by atoms with Crippen LogP contribution in [0.2, 0.25) is 5.28 Å². The highest BCUT2D eigenvalue weighted by atomic mass is 35.5. The van der Waals surface area contributed by atoms with Gasteiger partial charge in [-0.15, -0.1) is 5.10 Å². The molecule has 1 aromatic heterocycles. The molecule has 0 aliphatic heterocycles. The van der Waals surface area contributed by atoms with Gasteiger partial charge in [0.15, 0.2) is 0 Å². The summed E-state index contributed by atoms with van der Waals surface area (Å²) in [6, 6.07) is 6.04. The molecule has 0 spiro atoms. The molecule has 2 aromatic rings. The standard InChI is InChI=1S/C10H9ClFN3/c1-2-9-13-10(11)14-15(9)8-5-3-7(12)4-6-8/h3-6H,2H2,1H3. The highest BCUT2D eigenvalue weighted by molar-refractivity contribution is 6.28. The second kappa shape index (κ2) is 3.98. The summed E-state index contributed by atoms with van der Waals surface area (Å²) < 4.78 is 14.3. The number of halogens is 2. The summed E-state index contributed by atoms with van der Waals surface area (Å²) in [6.07, 6.45) is 0.719. The van der Waals surface area contributed by atoms with Crippen molar-refractivity contribution in [2.24, 2.45) is 0 Å². The summed E-state index contributed by atoms with van der Waals surface area (Å²) in [7, 11) is 0. The molecule has 0 unspecified atom stereocenters. The topological polar surface area (TPSA) is 30.7 Å². The number of benzene rings is 1. The maximum absolute atomic E-state index is 12.7. The van der Waals surface area contributed by atoms with E-state index in [-0.39, 0.29) is 11.1 Å². The first-order chi connectivity index (χ1) is 7.20. The first-order valence-corrected chi connectivity index (χ1v) is 4.96. The highest BCUT2D eigenvalue weighted by Gasteiger charge is 2.08. The normalized spacial score (nSPS) is 10.6. The largest absolute Gasteiger partial charge is 0.243 e. The fraction of sp³-hybridized carbons (Fsp3) is 0.200. The second-order valence-electron chi connectivity index (χ2n) is 3.04. The zero-order valence-corrected chi connectivity index (χ0v) is 8.87. The van der Waals surface area contributed by atoms with Crippen LogP contribution < -0.4 is 0 Å². The van der Waals surface area contributed by atoms with Crippen LogP contribution >= 0.6 is 11.6 Å². The van der Waals surface area contributed by atoms with Crippen LogP contribution in [-0.2, 0) is 6.42 Å². The van der Waals surface area contributed by atoms with E-state index in [4.69, 9.17) is 11.6 Å². The molecule has 0 radical (unpaired) electrons. The van der Waals surface area contributed by atoms with Gasteiger partial charge in [0, 0.05) is 6.42 Å². The fourth-order valence-corrected chi connectivity index (χ4v) is 1.51. The van der Waals surface area contributed by atoms with E-state index in [0.717, 1.165) is 17.9 Å². The minimum Gasteiger partial charge on any atom is -0.216 e. The minimum absolute atomic E-state index is 0.205. The summed E-state index contributed by atoms with van der Waals surface area (Å²) in [4.78, 5) is 4.05. The van der Waals surface area contributed by atoms with Gasteiger partial charge in [-0.1, -0.05) is 6.92 Å². The van der Waals surface area contributed by atoms with Gasteiger partial charge in [0.1, 0.15) is 11.6 Å². The van der Waals surface area contributed by atoms with Crippen molar-refractivity contribution in [3.8, 4) is 5.69 Å². The lowest BCUT2D eigenvalue weighted by atomic mass is 10.3. The molecule has 1 aromatic carbocycles. The molecule has 2 rings (SSSR count). The van der Waals surface area contributed by atoms with Crippen molar-refractivity contribution in [1.29, 1.82) is 0 Å². The van der Waals surface area contributed by atoms with Crippen LogP contribution in [0.3, 0.4) is 0 Å². The first-order valence-electron chi connectivity index (χ1n) is 4.58. The number of nitrogens with zero attached hydrogens (tertiary/aromatic N) is 3. The molecule has 0 saturated heterocycles. The Morgan fingerprint density at radius 2 is 2.00 bits per heavy atom. The quantitative estimate of drug-likeness (QED) is 0.787. The smallest absolute Gasteiger partial charge is 0.216 e. The van der Waals surface area contributed by atoms with Gasteiger partial charge >= 0.3 is 0 Å². The number of hydrogen-bond acceptors (Lipinski definition) is 2. The highest BCUT2D eigenvalue weighted by Crippen LogP contribution is 2.13. The summed E-state index contributed by atoms with van der Waals surface area (Å²) in [5, 5.41) is 4.23. The van der Waals surface area contributed by atoms with Crippen molar-refractivity contribution < 1.29 is 4.39 Å². The van der Waals surface area contributed by atoms with Crippen LogP contribution in [0.1, 0.15) is 12.7 Å². The van der Waals surface area contributed by atoms with E-state index in [0.29, 0.717) is 0 Å². The lowest BCUT2D eigenvalue weighted by molar-refractivity contribution is 0.626. The Morgan fingerprint density at radius 1 is 1.33 bits per heavy atom. The maximum Gasteiger partial charge on any atom is 0.243 e. The number of aromatic nitrogens is 3. The molecule has 0 atom stereocenters. The van der Waals surface area contributed by atoms with Crippen LogP contribution in [-0.4, -0.2) is 14.8 Å². The van der Waals surface area contributed by atoms with Crippen molar-refractivity contribution in [3.05, 3.63) is 41.2 Å². The molecular weight excluding hydrogens is 217 g/mol. The molecular formula is C10H9ClFN3. The molecule has 0 amide bonds. The van der Waals surface area contributed by atoms with E-state index in [1.807, 2.05) is 6.92 Å². The van der Waals surface area contributed by atoms with Gasteiger partial charge in [-0.05, 0) is 35.9 Å². The van der Waals surface area contributed by atoms with Crippen molar-refractivity contribution in [2.45, 2.75) is 13.3 Å². The van der Waals surface area contributed by atoms with Gasteiger partial charge in [0.05, 0.1) is 5.69 Å². The predicted molar refractivity (Wildman–Crippen MR) is 55.7 cm³/mol. The minimum atomic E-state index is -0.275. The fourth-order valence-electron chi connectivity index (χ4n) is 1.33. The van der Waals surface area contributed by atoms with Crippen molar-refractivity contribution in [2.75, 3.05) is 0 Å². The molecule has 5 heteroatoms. The molecule has 0 aliphatic rings. The van der Waals surface area contributed by atoms with Gasteiger partial charge in [-0.25, -0.2) is 14.1 Å². The van der Waals surface area contributed by atoms with Gasteiger partial charge in [-0.2, -0.15) is 0 Å². The Bertz CT molecular complexity index is 464. The Labute approximate surface area is 91.5 Å². The third kappa shape index (κ3) is 1.99. The predicted octanol–water partition coefficient (Wildman–Crippen LogP) is 2.62. The maximum atomic E-state index is 12.7. The molecule has 78 valence electrons. The van der Waals surface area contributed by atoms with E-state index in [1.165, 1.54) is 12.1 Å². The van der Waals surface area contributed by atoms with E-state index in [1.54, 1.807) is 16.8 Å². The average molecular weight is 226 g/mol. The third-order valence-corrected chi connectivity index (χ3v) is 2.20. The van der Waals surface area contributed by atoms with E-state index >= 15 is 0 Å². The Kier molecular flexibility index (Phi) is 2.68. The number of rotatable bonds is 2. The molecule has 0 bridgehead atoms. The van der Waals surface area contributed by atoms with Crippen LogP contribution in [0.5, 0.6) is 0 Å². The molecule has 15 heavy (non-hydrogen) atoms. The van der Waals surface area contributed by atoms with E-state index < -0.39 is 0 Å². The monoisotopic (exact) mass is 225 g/mol. The van der Waals surface area contributed by atoms with E-state index in [9.17, 15) is 4.39 Å².